The first-order chi connectivity index (χ1) is 7.75. The Balaban J connectivity index is 2.18. The predicted octanol–water partition coefficient (Wildman–Crippen LogP) is 2.71. The first-order valence-corrected chi connectivity index (χ1v) is 5.97. The van der Waals surface area contributed by atoms with Crippen LogP contribution in [0.25, 0.3) is 0 Å². The van der Waals surface area contributed by atoms with Crippen LogP contribution in [0.1, 0.15) is 0 Å². The van der Waals surface area contributed by atoms with Gasteiger partial charge in [-0.1, -0.05) is 41.5 Å². The van der Waals surface area contributed by atoms with Crippen LogP contribution in [0.5, 0.6) is 0 Å². The maximum Gasteiger partial charge on any atom is 0.113 e. The summed E-state index contributed by atoms with van der Waals surface area (Å²) >= 11 is 1.78. The number of rotatable bonds is 0. The summed E-state index contributed by atoms with van der Waals surface area (Å²) in [6.07, 6.45) is 0. The summed E-state index contributed by atoms with van der Waals surface area (Å²) in [6.45, 7) is 0. The molecule has 1 nitrogen and oxygen atoms in total. The Morgan fingerprint density at radius 1 is 1.00 bits per heavy atom. The molecule has 3 rings (SSSR count). The van der Waals surface area contributed by atoms with Crippen LogP contribution in [-0.4, -0.2) is 14.9 Å². The number of hydrogen-bond donors (Lipinski definition) is 0. The predicted molar refractivity (Wildman–Crippen MR) is 70.5 cm³/mol. The second kappa shape index (κ2) is 3.60. The second-order valence-electron chi connectivity index (χ2n) is 3.86. The summed E-state index contributed by atoms with van der Waals surface area (Å²) < 4.78 is 0. The van der Waals surface area contributed by atoms with Gasteiger partial charge in [-0.15, -0.1) is 0 Å². The van der Waals surface area contributed by atoms with Crippen molar-refractivity contribution in [3.8, 4) is 0 Å². The van der Waals surface area contributed by atoms with Gasteiger partial charge < -0.3 is 4.90 Å². The van der Waals surface area contributed by atoms with Crippen LogP contribution in [0.2, 0.25) is 0 Å². The van der Waals surface area contributed by atoms with Gasteiger partial charge in [-0.2, -0.15) is 0 Å². The summed E-state index contributed by atoms with van der Waals surface area (Å²) in [5.74, 6) is 0. The highest BCUT2D eigenvalue weighted by atomic mass is 32.2. The minimum atomic E-state index is 0.819. The van der Waals surface area contributed by atoms with E-state index in [-0.39, 0.29) is 0 Å². The van der Waals surface area contributed by atoms with E-state index in [2.05, 4.69) is 42.3 Å². The van der Waals surface area contributed by atoms with Gasteiger partial charge in [0.1, 0.15) is 7.85 Å². The summed E-state index contributed by atoms with van der Waals surface area (Å²) in [6, 6.07) is 14.5. The molecule has 3 heteroatoms. The Kier molecular flexibility index (Phi) is 2.21. The van der Waals surface area contributed by atoms with Gasteiger partial charge in [0.25, 0.3) is 0 Å². The van der Waals surface area contributed by atoms with Crippen molar-refractivity contribution in [2.75, 3.05) is 11.9 Å². The molecule has 0 aliphatic carbocycles. The normalized spacial score (nSPS) is 13.2. The molecule has 2 aromatic carbocycles. The molecule has 76 valence electrons. The summed E-state index contributed by atoms with van der Waals surface area (Å²) in [5, 5.41) is 0. The maximum atomic E-state index is 5.82. The molecule has 0 atom stereocenters. The smallest absolute Gasteiger partial charge is 0.113 e. The summed E-state index contributed by atoms with van der Waals surface area (Å²) in [5.41, 5.74) is 3.29. The minimum absolute atomic E-state index is 0.819. The van der Waals surface area contributed by atoms with Gasteiger partial charge in [-0.25, -0.2) is 0 Å². The van der Waals surface area contributed by atoms with Crippen molar-refractivity contribution >= 4 is 36.4 Å². The van der Waals surface area contributed by atoms with Gasteiger partial charge in [0, 0.05) is 16.8 Å². The lowest BCUT2D eigenvalue weighted by Gasteiger charge is -2.29. The fourth-order valence-corrected chi connectivity index (χ4v) is 3.16. The molecular formula is C13H10BNS. The summed E-state index contributed by atoms with van der Waals surface area (Å²) in [4.78, 5) is 4.71. The molecule has 1 aliphatic heterocycles. The van der Waals surface area contributed by atoms with Crippen LogP contribution in [-0.2, 0) is 0 Å². The third kappa shape index (κ3) is 1.43. The van der Waals surface area contributed by atoms with Crippen molar-refractivity contribution in [3.63, 3.8) is 0 Å². The summed E-state index contributed by atoms with van der Waals surface area (Å²) in [7, 11) is 7.91. The van der Waals surface area contributed by atoms with Gasteiger partial charge in [0.05, 0.1) is 11.4 Å². The number of benzene rings is 2. The van der Waals surface area contributed by atoms with Crippen LogP contribution < -0.4 is 10.4 Å². The van der Waals surface area contributed by atoms with Crippen LogP contribution >= 0.6 is 11.8 Å². The second-order valence-corrected chi connectivity index (χ2v) is 4.94. The molecule has 0 unspecified atom stereocenters. The Labute approximate surface area is 101 Å². The number of fused-ring (bicyclic) bond motifs is 2. The highest BCUT2D eigenvalue weighted by molar-refractivity contribution is 7.99. The molecule has 0 bridgehead atoms. The molecule has 1 heterocycles. The van der Waals surface area contributed by atoms with Crippen molar-refractivity contribution in [1.82, 2.24) is 0 Å². The zero-order valence-corrected chi connectivity index (χ0v) is 9.79. The van der Waals surface area contributed by atoms with Gasteiger partial charge >= 0.3 is 0 Å². The molecule has 2 aromatic rings. The molecule has 1 aliphatic rings. The molecule has 0 saturated heterocycles. The number of hydrogen-bond acceptors (Lipinski definition) is 2. The van der Waals surface area contributed by atoms with Gasteiger partial charge in [-0.05, 0) is 18.2 Å². The van der Waals surface area contributed by atoms with Crippen molar-refractivity contribution < 1.29 is 0 Å². The number of anilines is 2. The van der Waals surface area contributed by atoms with Crippen molar-refractivity contribution in [2.45, 2.75) is 9.79 Å². The standard InChI is InChI=1S/C13H10BNS/c1-15-10-4-2-3-5-12(10)16-13-8-9(14)6-7-11(13)15/h2-8H,1H3. The van der Waals surface area contributed by atoms with E-state index < -0.39 is 0 Å². The van der Waals surface area contributed by atoms with Crippen molar-refractivity contribution in [1.29, 1.82) is 0 Å². The molecule has 0 fully saturated rings. The largest absolute Gasteiger partial charge is 0.343 e. The van der Waals surface area contributed by atoms with Crippen LogP contribution in [0.15, 0.2) is 52.3 Å². The third-order valence-corrected chi connectivity index (χ3v) is 3.90. The molecule has 0 saturated carbocycles. The third-order valence-electron chi connectivity index (χ3n) is 2.79. The van der Waals surface area contributed by atoms with Crippen molar-refractivity contribution in [3.05, 3.63) is 42.5 Å². The highest BCUT2D eigenvalue weighted by Crippen LogP contribution is 2.46. The Bertz CT molecular complexity index is 553. The average molecular weight is 223 g/mol. The van der Waals surface area contributed by atoms with Gasteiger partial charge in [0.15, 0.2) is 0 Å². The Morgan fingerprint density at radius 3 is 2.62 bits per heavy atom. The van der Waals surface area contributed by atoms with E-state index in [4.69, 9.17) is 7.85 Å². The van der Waals surface area contributed by atoms with E-state index in [1.807, 2.05) is 12.1 Å². The zero-order valence-electron chi connectivity index (χ0n) is 8.97. The minimum Gasteiger partial charge on any atom is -0.343 e. The lowest BCUT2D eigenvalue weighted by Crippen LogP contribution is -2.16. The fraction of sp³-hybridized carbons (Fsp3) is 0.0769. The Morgan fingerprint density at radius 2 is 1.75 bits per heavy atom. The SMILES string of the molecule is [B]c1ccc2c(c1)Sc1ccccc1N2C. The fourth-order valence-electron chi connectivity index (χ4n) is 1.96. The van der Waals surface area contributed by atoms with E-state index in [0.717, 1.165) is 5.46 Å². The molecule has 0 amide bonds. The lowest BCUT2D eigenvalue weighted by molar-refractivity contribution is 1.11. The van der Waals surface area contributed by atoms with E-state index in [9.17, 15) is 0 Å². The average Bonchev–Trinajstić information content (AvgIpc) is 2.29. The molecule has 0 N–H and O–H groups in total. The monoisotopic (exact) mass is 223 g/mol. The topological polar surface area (TPSA) is 3.24 Å². The number of para-hydroxylation sites is 1. The van der Waals surface area contributed by atoms with Gasteiger partial charge in [-0.3, -0.25) is 0 Å². The molecule has 2 radical (unpaired) electrons. The van der Waals surface area contributed by atoms with E-state index >= 15 is 0 Å². The van der Waals surface area contributed by atoms with E-state index in [1.54, 1.807) is 11.8 Å². The molecule has 0 aromatic heterocycles. The molecular weight excluding hydrogens is 213 g/mol. The lowest BCUT2D eigenvalue weighted by atomic mass is 9.96. The zero-order chi connectivity index (χ0) is 11.1. The molecule has 0 spiro atoms. The quantitative estimate of drug-likeness (QED) is 0.631. The van der Waals surface area contributed by atoms with Crippen LogP contribution in [0.4, 0.5) is 11.4 Å². The number of nitrogens with zero attached hydrogens (tertiary/aromatic N) is 1. The highest BCUT2D eigenvalue weighted by Gasteiger charge is 2.19. The van der Waals surface area contributed by atoms with E-state index in [1.165, 1.54) is 21.2 Å². The molecule has 16 heavy (non-hydrogen) atoms. The van der Waals surface area contributed by atoms with Crippen LogP contribution in [0, 0.1) is 0 Å². The van der Waals surface area contributed by atoms with E-state index in [0.29, 0.717) is 0 Å². The Hall–Kier alpha value is -1.35. The maximum absolute atomic E-state index is 5.82. The van der Waals surface area contributed by atoms with Gasteiger partial charge in [0.2, 0.25) is 0 Å². The first kappa shape index (κ1) is 9.85. The van der Waals surface area contributed by atoms with Crippen molar-refractivity contribution in [2.24, 2.45) is 0 Å². The first-order valence-electron chi connectivity index (χ1n) is 5.16. The van der Waals surface area contributed by atoms with Crippen LogP contribution in [0.3, 0.4) is 0 Å².